The zero-order valence-electron chi connectivity index (χ0n) is 31.2. The number of fused-ring (bicyclic) bond motifs is 18. The van der Waals surface area contributed by atoms with E-state index in [1.54, 1.807) is 0 Å². The van der Waals surface area contributed by atoms with Crippen molar-refractivity contribution in [2.75, 3.05) is 0 Å². The van der Waals surface area contributed by atoms with Crippen LogP contribution in [0.5, 0.6) is 0 Å². The van der Waals surface area contributed by atoms with Crippen molar-refractivity contribution in [1.29, 1.82) is 0 Å². The van der Waals surface area contributed by atoms with Crippen LogP contribution in [0, 0.1) is 87.8 Å². The molecular formula is C46H56O6. The van der Waals surface area contributed by atoms with Gasteiger partial charge >= 0.3 is 11.9 Å². The van der Waals surface area contributed by atoms with Gasteiger partial charge in [-0.05, 0) is 153 Å². The van der Waals surface area contributed by atoms with Crippen LogP contribution in [0.1, 0.15) is 110 Å². The van der Waals surface area contributed by atoms with Crippen molar-refractivity contribution in [2.45, 2.75) is 121 Å². The highest BCUT2D eigenvalue weighted by Crippen LogP contribution is 2.80. The summed E-state index contributed by atoms with van der Waals surface area (Å²) in [6, 6.07) is 0. The highest BCUT2D eigenvalue weighted by molar-refractivity contribution is 5.92. The smallest absolute Gasteiger partial charge is 0.306 e. The minimum Gasteiger partial charge on any atom is -0.458 e. The summed E-state index contributed by atoms with van der Waals surface area (Å²) >= 11 is 0. The van der Waals surface area contributed by atoms with Crippen molar-refractivity contribution < 1.29 is 28.7 Å². The van der Waals surface area contributed by atoms with E-state index in [1.807, 2.05) is 12.2 Å². The first-order chi connectivity index (χ1) is 25.0. The van der Waals surface area contributed by atoms with Gasteiger partial charge in [-0.1, -0.05) is 37.6 Å². The van der Waals surface area contributed by atoms with Gasteiger partial charge in [0.1, 0.15) is 11.2 Å². The van der Waals surface area contributed by atoms with Gasteiger partial charge in [-0.2, -0.15) is 0 Å². The van der Waals surface area contributed by atoms with E-state index in [9.17, 15) is 19.2 Å². The molecule has 9 fully saturated rings. The lowest BCUT2D eigenvalue weighted by molar-refractivity contribution is -0.176. The molecule has 0 aromatic heterocycles. The van der Waals surface area contributed by atoms with Gasteiger partial charge in [-0.3, -0.25) is 19.2 Å². The standard InChI is InChI=1S/C24H30O3.C22H26O3/c1-3-13-10-14-11-15(25)4-5-16(14)17-6-8-23(2)22(21(13)17)18-12-19(18)24(23)9-7-20(26)27-24;1-21-8-6-15-14-5-3-13(23)10-12(14)2-4-16(15)20(21)17-11-18(17)22(21)9-7-19(24)25-22/h3,11,13,16-19,21-22H,1,4-10,12H2,2H3;2,4,10,14-18,20H,3,5-9,11H2,1H3/t13-,16?,17?,18?,19?,21?,22?,23+,24+;14?,15?,16?,17?,18?,20?,21-,22-/m10/s1. The van der Waals surface area contributed by atoms with Gasteiger partial charge in [0.05, 0.1) is 0 Å². The Hall–Kier alpha value is -2.76. The Morgan fingerprint density at radius 1 is 0.692 bits per heavy atom. The quantitative estimate of drug-likeness (QED) is 0.202. The molecule has 7 saturated carbocycles. The molecule has 0 radical (unpaired) electrons. The summed E-state index contributed by atoms with van der Waals surface area (Å²) in [7, 11) is 0. The normalized spacial score (nSPS) is 55.2. The van der Waals surface area contributed by atoms with E-state index < -0.39 is 0 Å². The Bertz CT molecular complexity index is 1780. The first kappa shape index (κ1) is 32.7. The fourth-order valence-corrected chi connectivity index (χ4v) is 16.9. The third-order valence-electron chi connectivity index (χ3n) is 18.8. The van der Waals surface area contributed by atoms with Crippen LogP contribution >= 0.6 is 0 Å². The molecule has 17 atom stereocenters. The average Bonchev–Trinajstić information content (AvgIpc) is 3.99. The molecular weight excluding hydrogens is 649 g/mol. The number of hydrogen-bond acceptors (Lipinski definition) is 6. The fourth-order valence-electron chi connectivity index (χ4n) is 16.9. The minimum atomic E-state index is -0.172. The van der Waals surface area contributed by atoms with Crippen LogP contribution in [0.4, 0.5) is 0 Å². The molecule has 0 aromatic carbocycles. The summed E-state index contributed by atoms with van der Waals surface area (Å²) in [5.41, 5.74) is 2.66. The maximum absolute atomic E-state index is 12.1. The van der Waals surface area contributed by atoms with E-state index in [0.29, 0.717) is 89.5 Å². The third-order valence-corrected chi connectivity index (χ3v) is 18.8. The summed E-state index contributed by atoms with van der Waals surface area (Å²) in [6.07, 6.45) is 25.8. The van der Waals surface area contributed by atoms with Crippen molar-refractivity contribution >= 4 is 23.5 Å². The molecule has 12 aliphatic rings. The number of ketones is 2. The number of carbonyl (C=O) groups excluding carboxylic acids is 4. The Morgan fingerprint density at radius 3 is 1.92 bits per heavy atom. The predicted molar refractivity (Wildman–Crippen MR) is 194 cm³/mol. The lowest BCUT2D eigenvalue weighted by Crippen LogP contribution is -2.56. The molecule has 2 saturated heterocycles. The van der Waals surface area contributed by atoms with Crippen LogP contribution in [-0.2, 0) is 28.7 Å². The average molecular weight is 705 g/mol. The van der Waals surface area contributed by atoms with Crippen LogP contribution in [0.25, 0.3) is 0 Å². The maximum Gasteiger partial charge on any atom is 0.306 e. The van der Waals surface area contributed by atoms with Gasteiger partial charge in [-0.25, -0.2) is 0 Å². The molecule has 6 nitrogen and oxygen atoms in total. The summed E-state index contributed by atoms with van der Waals surface area (Å²) in [6.45, 7) is 9.10. The second kappa shape index (κ2) is 10.7. The van der Waals surface area contributed by atoms with Crippen molar-refractivity contribution in [3.63, 3.8) is 0 Å². The van der Waals surface area contributed by atoms with E-state index in [2.05, 4.69) is 38.7 Å². The lowest BCUT2D eigenvalue weighted by atomic mass is 9.46. The molecule has 2 spiro atoms. The fraction of sp³-hybridized carbons (Fsp3) is 0.739. The molecule has 2 aliphatic heterocycles. The predicted octanol–water partition coefficient (Wildman–Crippen LogP) is 8.31. The Balaban J connectivity index is 0.000000124. The summed E-state index contributed by atoms with van der Waals surface area (Å²) < 4.78 is 12.3. The number of carbonyl (C=O) groups is 4. The van der Waals surface area contributed by atoms with E-state index in [-0.39, 0.29) is 34.0 Å². The largest absolute Gasteiger partial charge is 0.458 e. The molecule has 10 aliphatic carbocycles. The van der Waals surface area contributed by atoms with E-state index in [1.165, 1.54) is 49.7 Å². The SMILES string of the molecule is C=C[C@@H]1CC2=CC(=O)CCC2C2CC[C@@]3(C)C(C4CC4[C@@]34CCC(=O)O4)C21.C[C@]12CCC3C4CCC(=O)C=C4C=CC3C1C1CC1[C@@]21CCC(=O)O1. The molecule has 12 rings (SSSR count). The molecule has 12 unspecified atom stereocenters. The molecule has 0 aromatic rings. The van der Waals surface area contributed by atoms with Crippen LogP contribution in [0.3, 0.4) is 0 Å². The van der Waals surface area contributed by atoms with Gasteiger partial charge < -0.3 is 9.47 Å². The van der Waals surface area contributed by atoms with E-state index in [0.717, 1.165) is 56.8 Å². The van der Waals surface area contributed by atoms with Gasteiger partial charge in [-0.15, -0.1) is 6.58 Å². The van der Waals surface area contributed by atoms with Crippen LogP contribution in [-0.4, -0.2) is 34.7 Å². The first-order valence-corrected chi connectivity index (χ1v) is 21.2. The summed E-state index contributed by atoms with van der Waals surface area (Å²) in [5.74, 6) is 9.04. The molecule has 0 N–H and O–H groups in total. The monoisotopic (exact) mass is 704 g/mol. The Morgan fingerprint density at radius 2 is 1.29 bits per heavy atom. The zero-order valence-corrected chi connectivity index (χ0v) is 31.2. The Labute approximate surface area is 308 Å². The number of allylic oxidation sites excluding steroid dienone is 6. The van der Waals surface area contributed by atoms with Crippen molar-refractivity contribution in [1.82, 2.24) is 0 Å². The number of rotatable bonds is 1. The van der Waals surface area contributed by atoms with Gasteiger partial charge in [0.25, 0.3) is 0 Å². The van der Waals surface area contributed by atoms with Crippen LogP contribution in [0.15, 0.2) is 48.1 Å². The second-order valence-corrected chi connectivity index (χ2v) is 20.2. The van der Waals surface area contributed by atoms with Gasteiger partial charge in [0.15, 0.2) is 11.6 Å². The molecule has 6 heteroatoms. The van der Waals surface area contributed by atoms with E-state index >= 15 is 0 Å². The van der Waals surface area contributed by atoms with Crippen molar-refractivity contribution in [3.05, 3.63) is 48.1 Å². The summed E-state index contributed by atoms with van der Waals surface area (Å²) in [5, 5.41) is 0. The maximum atomic E-state index is 12.1. The van der Waals surface area contributed by atoms with Gasteiger partial charge in [0, 0.05) is 48.3 Å². The highest BCUT2D eigenvalue weighted by atomic mass is 16.6. The first-order valence-electron chi connectivity index (χ1n) is 21.2. The summed E-state index contributed by atoms with van der Waals surface area (Å²) in [4.78, 5) is 48.0. The Kier molecular flexibility index (Phi) is 6.73. The number of ether oxygens (including phenoxy) is 2. The second-order valence-electron chi connectivity index (χ2n) is 20.2. The molecule has 52 heavy (non-hydrogen) atoms. The molecule has 0 amide bonds. The van der Waals surface area contributed by atoms with Crippen molar-refractivity contribution in [2.24, 2.45) is 87.8 Å². The molecule has 2 heterocycles. The van der Waals surface area contributed by atoms with Crippen molar-refractivity contribution in [3.8, 4) is 0 Å². The third kappa shape index (κ3) is 4.03. The highest BCUT2D eigenvalue weighted by Gasteiger charge is 2.80. The zero-order chi connectivity index (χ0) is 35.5. The molecule has 0 bridgehead atoms. The van der Waals surface area contributed by atoms with Gasteiger partial charge in [0.2, 0.25) is 0 Å². The van der Waals surface area contributed by atoms with Crippen LogP contribution in [0.2, 0.25) is 0 Å². The number of esters is 2. The lowest BCUT2D eigenvalue weighted by Gasteiger charge is -2.59. The number of hydrogen-bond donors (Lipinski definition) is 0. The van der Waals surface area contributed by atoms with E-state index in [4.69, 9.17) is 9.47 Å². The molecule has 276 valence electrons. The van der Waals surface area contributed by atoms with Crippen LogP contribution < -0.4 is 0 Å². The topological polar surface area (TPSA) is 86.7 Å². The minimum absolute atomic E-state index is 0.0320.